The Morgan fingerprint density at radius 2 is 2.12 bits per heavy atom. The largest absolute Gasteiger partial charge is 0.480 e. The average molecular weight is 261 g/mol. The molecule has 0 aliphatic carbocycles. The lowest BCUT2D eigenvalue weighted by Gasteiger charge is -2.15. The van der Waals surface area contributed by atoms with Gasteiger partial charge in [-0.1, -0.05) is 33.1 Å². The fourth-order valence-electron chi connectivity index (χ4n) is 1.52. The van der Waals surface area contributed by atoms with Crippen molar-refractivity contribution >= 4 is 24.1 Å². The summed E-state index contributed by atoms with van der Waals surface area (Å²) in [4.78, 5) is 21.0. The first-order chi connectivity index (χ1) is 8.15. The van der Waals surface area contributed by atoms with Gasteiger partial charge in [-0.15, -0.1) is 0 Å². The molecular formula is C12H23NO3S. The Kier molecular flexibility index (Phi) is 10.0. The molecule has 0 aromatic carbocycles. The molecule has 2 N–H and O–H groups in total. The number of amides is 1. The summed E-state index contributed by atoms with van der Waals surface area (Å²) >= 11 is 1.61. The molecule has 0 rings (SSSR count). The van der Waals surface area contributed by atoms with Crippen LogP contribution >= 0.6 is 11.8 Å². The van der Waals surface area contributed by atoms with E-state index in [9.17, 15) is 9.59 Å². The van der Waals surface area contributed by atoms with Crippen LogP contribution in [0, 0.1) is 5.92 Å². The Hall–Kier alpha value is -0.710. The normalized spacial score (nSPS) is 14.0. The number of hydrogen-bond donors (Lipinski definition) is 2. The molecule has 0 spiro atoms. The fourth-order valence-corrected chi connectivity index (χ4v) is 2.87. The summed E-state index contributed by atoms with van der Waals surface area (Å²) in [6, 6.07) is -0.763. The van der Waals surface area contributed by atoms with E-state index in [1.54, 1.807) is 11.8 Å². The smallest absolute Gasteiger partial charge is 0.327 e. The van der Waals surface area contributed by atoms with Gasteiger partial charge in [0.15, 0.2) is 0 Å². The molecule has 0 bridgehead atoms. The monoisotopic (exact) mass is 261 g/mol. The zero-order valence-corrected chi connectivity index (χ0v) is 11.5. The van der Waals surface area contributed by atoms with Crippen LogP contribution in [-0.2, 0) is 9.59 Å². The zero-order chi connectivity index (χ0) is 13.1. The van der Waals surface area contributed by atoms with E-state index in [0.29, 0.717) is 18.1 Å². The van der Waals surface area contributed by atoms with Crippen molar-refractivity contribution in [1.29, 1.82) is 0 Å². The van der Waals surface area contributed by atoms with Crippen molar-refractivity contribution in [1.82, 2.24) is 5.32 Å². The van der Waals surface area contributed by atoms with Crippen LogP contribution < -0.4 is 5.32 Å². The van der Waals surface area contributed by atoms with E-state index >= 15 is 0 Å². The molecule has 100 valence electrons. The predicted molar refractivity (Wildman–Crippen MR) is 71.3 cm³/mol. The Bertz CT molecular complexity index is 224. The summed E-state index contributed by atoms with van der Waals surface area (Å²) in [6.07, 6.45) is 5.22. The van der Waals surface area contributed by atoms with Crippen LogP contribution in [0.5, 0.6) is 0 Å². The Balaban J connectivity index is 3.83. The van der Waals surface area contributed by atoms with Crippen molar-refractivity contribution in [2.45, 2.75) is 45.6 Å². The van der Waals surface area contributed by atoms with E-state index in [1.807, 2.05) is 0 Å². The van der Waals surface area contributed by atoms with Crippen molar-refractivity contribution in [3.8, 4) is 0 Å². The zero-order valence-electron chi connectivity index (χ0n) is 10.6. The minimum Gasteiger partial charge on any atom is -0.480 e. The highest BCUT2D eigenvalue weighted by molar-refractivity contribution is 7.99. The van der Waals surface area contributed by atoms with Crippen LogP contribution in [0.15, 0.2) is 0 Å². The van der Waals surface area contributed by atoms with Crippen molar-refractivity contribution in [3.63, 3.8) is 0 Å². The van der Waals surface area contributed by atoms with Gasteiger partial charge >= 0.3 is 5.97 Å². The van der Waals surface area contributed by atoms with Crippen molar-refractivity contribution in [2.75, 3.05) is 11.5 Å². The van der Waals surface area contributed by atoms with Crippen LogP contribution in [-0.4, -0.2) is 35.0 Å². The SMILES string of the molecule is CCCCC(CC)CSCC(NC=O)C(=O)O. The minimum atomic E-state index is -0.966. The molecule has 0 aliphatic heterocycles. The first-order valence-electron chi connectivity index (χ1n) is 6.15. The Morgan fingerprint density at radius 3 is 2.59 bits per heavy atom. The Morgan fingerprint density at radius 1 is 1.41 bits per heavy atom. The number of carbonyl (C=O) groups is 2. The second-order valence-corrected chi connectivity index (χ2v) is 5.20. The van der Waals surface area contributed by atoms with Gasteiger partial charge in [0.05, 0.1) is 0 Å². The summed E-state index contributed by atoms with van der Waals surface area (Å²) in [6.45, 7) is 4.34. The van der Waals surface area contributed by atoms with E-state index in [4.69, 9.17) is 5.11 Å². The van der Waals surface area contributed by atoms with Crippen molar-refractivity contribution < 1.29 is 14.7 Å². The van der Waals surface area contributed by atoms with Gasteiger partial charge in [0.25, 0.3) is 0 Å². The maximum Gasteiger partial charge on any atom is 0.327 e. The Labute approximate surface area is 108 Å². The van der Waals surface area contributed by atoms with Crippen molar-refractivity contribution in [3.05, 3.63) is 0 Å². The number of aliphatic carboxylic acids is 1. The number of carbonyl (C=O) groups excluding carboxylic acids is 1. The highest BCUT2D eigenvalue weighted by Gasteiger charge is 2.16. The molecule has 4 nitrogen and oxygen atoms in total. The number of carboxylic acids is 1. The van der Waals surface area contributed by atoms with Gasteiger partial charge in [-0.3, -0.25) is 4.79 Å². The molecule has 0 fully saturated rings. The molecule has 0 radical (unpaired) electrons. The van der Waals surface area contributed by atoms with Gasteiger partial charge in [-0.25, -0.2) is 4.79 Å². The third-order valence-corrected chi connectivity index (χ3v) is 4.02. The molecule has 1 amide bonds. The summed E-state index contributed by atoms with van der Waals surface area (Å²) in [7, 11) is 0. The fraction of sp³-hybridized carbons (Fsp3) is 0.833. The summed E-state index contributed by atoms with van der Waals surface area (Å²) < 4.78 is 0. The molecule has 5 heteroatoms. The number of rotatable bonds is 11. The molecule has 2 atom stereocenters. The lowest BCUT2D eigenvalue weighted by molar-refractivity contribution is -0.139. The number of carboxylic acid groups (broad SMARTS) is 1. The molecule has 17 heavy (non-hydrogen) atoms. The summed E-state index contributed by atoms with van der Waals surface area (Å²) in [5.74, 6) is 1.11. The summed E-state index contributed by atoms with van der Waals surface area (Å²) in [5.41, 5.74) is 0. The van der Waals surface area contributed by atoms with Crippen LogP contribution in [0.1, 0.15) is 39.5 Å². The van der Waals surface area contributed by atoms with Crippen LogP contribution in [0.3, 0.4) is 0 Å². The van der Waals surface area contributed by atoms with E-state index in [2.05, 4.69) is 19.2 Å². The highest BCUT2D eigenvalue weighted by atomic mass is 32.2. The van der Waals surface area contributed by atoms with Crippen LogP contribution in [0.4, 0.5) is 0 Å². The number of hydrogen-bond acceptors (Lipinski definition) is 3. The van der Waals surface area contributed by atoms with E-state index in [-0.39, 0.29) is 0 Å². The lowest BCUT2D eigenvalue weighted by Crippen LogP contribution is -2.38. The predicted octanol–water partition coefficient (Wildman–Crippen LogP) is 2.14. The highest BCUT2D eigenvalue weighted by Crippen LogP contribution is 2.18. The average Bonchev–Trinajstić information content (AvgIpc) is 2.31. The van der Waals surface area contributed by atoms with Crippen LogP contribution in [0.2, 0.25) is 0 Å². The maximum absolute atomic E-state index is 10.8. The first-order valence-corrected chi connectivity index (χ1v) is 7.31. The molecule has 0 saturated carbocycles. The lowest BCUT2D eigenvalue weighted by atomic mass is 10.0. The second-order valence-electron chi connectivity index (χ2n) is 4.13. The number of unbranched alkanes of at least 4 members (excludes halogenated alkanes) is 1. The molecule has 0 heterocycles. The molecule has 2 unspecified atom stereocenters. The van der Waals surface area contributed by atoms with Crippen molar-refractivity contribution in [2.24, 2.45) is 5.92 Å². The maximum atomic E-state index is 10.8. The van der Waals surface area contributed by atoms with E-state index in [1.165, 1.54) is 19.3 Å². The first kappa shape index (κ1) is 16.3. The molecule has 0 aromatic heterocycles. The van der Waals surface area contributed by atoms with Gasteiger partial charge in [0, 0.05) is 5.75 Å². The van der Waals surface area contributed by atoms with Crippen LogP contribution in [0.25, 0.3) is 0 Å². The third kappa shape index (κ3) is 8.07. The van der Waals surface area contributed by atoms with E-state index < -0.39 is 12.0 Å². The van der Waals surface area contributed by atoms with E-state index in [0.717, 1.165) is 12.2 Å². The molecular weight excluding hydrogens is 238 g/mol. The number of nitrogens with one attached hydrogen (secondary N) is 1. The second kappa shape index (κ2) is 10.4. The quantitative estimate of drug-likeness (QED) is 0.559. The van der Waals surface area contributed by atoms with Gasteiger partial charge in [0.1, 0.15) is 6.04 Å². The summed E-state index contributed by atoms with van der Waals surface area (Å²) in [5, 5.41) is 11.1. The minimum absolute atomic E-state index is 0.441. The van der Waals surface area contributed by atoms with Gasteiger partial charge in [-0.2, -0.15) is 11.8 Å². The number of thioether (sulfide) groups is 1. The van der Waals surface area contributed by atoms with Gasteiger partial charge in [-0.05, 0) is 18.1 Å². The van der Waals surface area contributed by atoms with Gasteiger partial charge in [0.2, 0.25) is 6.41 Å². The standard InChI is InChI=1S/C12H23NO3S/c1-3-5-6-10(4-2)7-17-8-11(12(15)16)13-9-14/h9-11H,3-8H2,1-2H3,(H,13,14)(H,15,16). The topological polar surface area (TPSA) is 66.4 Å². The molecule has 0 aromatic rings. The third-order valence-electron chi connectivity index (χ3n) is 2.75. The van der Waals surface area contributed by atoms with Gasteiger partial charge < -0.3 is 10.4 Å². The molecule has 0 aliphatic rings. The molecule has 0 saturated heterocycles.